The molecule has 3 rings (SSSR count). The maximum absolute atomic E-state index is 12.7. The molecular formula is C27H29NO. The quantitative estimate of drug-likeness (QED) is 0.424. The van der Waals surface area contributed by atoms with Crippen molar-refractivity contribution in [3.63, 3.8) is 0 Å². The van der Waals surface area contributed by atoms with Gasteiger partial charge in [-0.15, -0.1) is 0 Å². The van der Waals surface area contributed by atoms with Crippen LogP contribution in [-0.2, 0) is 0 Å². The van der Waals surface area contributed by atoms with Gasteiger partial charge in [0.15, 0.2) is 0 Å². The van der Waals surface area contributed by atoms with Gasteiger partial charge in [0, 0.05) is 18.7 Å². The fourth-order valence-corrected chi connectivity index (χ4v) is 3.76. The molecule has 0 heterocycles. The van der Waals surface area contributed by atoms with E-state index in [9.17, 15) is 4.79 Å². The van der Waals surface area contributed by atoms with Crippen molar-refractivity contribution in [2.75, 3.05) is 13.1 Å². The van der Waals surface area contributed by atoms with Crippen molar-refractivity contribution in [1.82, 2.24) is 4.90 Å². The van der Waals surface area contributed by atoms with Crippen LogP contribution in [0, 0.1) is 0 Å². The van der Waals surface area contributed by atoms with Crippen LogP contribution in [-0.4, -0.2) is 23.9 Å². The average Bonchev–Trinajstić information content (AvgIpc) is 2.79. The first-order valence-corrected chi connectivity index (χ1v) is 10.4. The van der Waals surface area contributed by atoms with Crippen molar-refractivity contribution in [3.8, 4) is 0 Å². The van der Waals surface area contributed by atoms with Gasteiger partial charge in [0.2, 0.25) is 0 Å². The topological polar surface area (TPSA) is 20.3 Å². The second-order valence-electron chi connectivity index (χ2n) is 6.99. The van der Waals surface area contributed by atoms with E-state index in [4.69, 9.17) is 0 Å². The van der Waals surface area contributed by atoms with Gasteiger partial charge in [-0.1, -0.05) is 79.7 Å². The maximum atomic E-state index is 12.7. The van der Waals surface area contributed by atoms with Gasteiger partial charge in [-0.25, -0.2) is 0 Å². The van der Waals surface area contributed by atoms with E-state index in [-0.39, 0.29) is 5.91 Å². The Labute approximate surface area is 174 Å². The molecule has 2 heteroatoms. The number of allylic oxidation sites excluding steroid dienone is 1. The van der Waals surface area contributed by atoms with Crippen molar-refractivity contribution in [1.29, 1.82) is 0 Å². The first-order valence-electron chi connectivity index (χ1n) is 10.4. The molecule has 0 aliphatic heterocycles. The molecule has 0 unspecified atom stereocenters. The molecule has 3 aromatic carbocycles. The van der Waals surface area contributed by atoms with Crippen LogP contribution >= 0.6 is 0 Å². The minimum Gasteiger partial charge on any atom is -0.339 e. The molecule has 0 radical (unpaired) electrons. The molecule has 0 fully saturated rings. The molecule has 0 spiro atoms. The van der Waals surface area contributed by atoms with Crippen LogP contribution in [0.15, 0.2) is 84.9 Å². The Morgan fingerprint density at radius 2 is 1.07 bits per heavy atom. The van der Waals surface area contributed by atoms with Gasteiger partial charge in [0.1, 0.15) is 0 Å². The van der Waals surface area contributed by atoms with E-state index in [0.717, 1.165) is 30.6 Å². The van der Waals surface area contributed by atoms with Crippen molar-refractivity contribution in [2.45, 2.75) is 27.2 Å². The van der Waals surface area contributed by atoms with Crippen LogP contribution in [0.2, 0.25) is 0 Å². The molecule has 0 aliphatic carbocycles. The lowest BCUT2D eigenvalue weighted by atomic mass is 9.88. The highest BCUT2D eigenvalue weighted by atomic mass is 16.2. The molecule has 29 heavy (non-hydrogen) atoms. The fourth-order valence-electron chi connectivity index (χ4n) is 3.76. The van der Waals surface area contributed by atoms with E-state index in [1.807, 2.05) is 43.0 Å². The van der Waals surface area contributed by atoms with Crippen molar-refractivity contribution >= 4 is 17.1 Å². The summed E-state index contributed by atoms with van der Waals surface area (Å²) >= 11 is 0. The summed E-state index contributed by atoms with van der Waals surface area (Å²) in [5.41, 5.74) is 6.82. The van der Waals surface area contributed by atoms with Gasteiger partial charge in [0.25, 0.3) is 5.91 Å². The molecule has 148 valence electrons. The summed E-state index contributed by atoms with van der Waals surface area (Å²) in [6.45, 7) is 7.67. The van der Waals surface area contributed by atoms with Gasteiger partial charge in [-0.3, -0.25) is 4.79 Å². The Hall–Kier alpha value is -3.13. The summed E-state index contributed by atoms with van der Waals surface area (Å²) < 4.78 is 0. The molecule has 0 N–H and O–H groups in total. The predicted octanol–water partition coefficient (Wildman–Crippen LogP) is 6.54. The summed E-state index contributed by atoms with van der Waals surface area (Å²) in [5, 5.41) is 0. The van der Waals surface area contributed by atoms with Crippen molar-refractivity contribution < 1.29 is 4.79 Å². The van der Waals surface area contributed by atoms with Crippen molar-refractivity contribution in [3.05, 3.63) is 107 Å². The molecule has 0 aliphatic rings. The SMILES string of the molecule is CC/C(=C(\c1ccccc1)c1ccc(C(=O)N(CC)CC)cc1)c1ccccc1. The Morgan fingerprint density at radius 3 is 1.55 bits per heavy atom. The number of hydrogen-bond acceptors (Lipinski definition) is 1. The summed E-state index contributed by atoms with van der Waals surface area (Å²) in [4.78, 5) is 14.5. The monoisotopic (exact) mass is 383 g/mol. The van der Waals surface area contributed by atoms with E-state index >= 15 is 0 Å². The van der Waals surface area contributed by atoms with Crippen LogP contribution in [0.3, 0.4) is 0 Å². The number of carbonyl (C=O) groups is 1. The van der Waals surface area contributed by atoms with Crippen LogP contribution < -0.4 is 0 Å². The first kappa shape index (κ1) is 20.6. The van der Waals surface area contributed by atoms with E-state index in [0.29, 0.717) is 0 Å². The van der Waals surface area contributed by atoms with Crippen LogP contribution in [0.5, 0.6) is 0 Å². The Morgan fingerprint density at radius 1 is 0.621 bits per heavy atom. The highest BCUT2D eigenvalue weighted by molar-refractivity contribution is 5.99. The molecule has 0 atom stereocenters. The van der Waals surface area contributed by atoms with E-state index < -0.39 is 0 Å². The minimum atomic E-state index is 0.0885. The second-order valence-corrected chi connectivity index (χ2v) is 6.99. The summed E-state index contributed by atoms with van der Waals surface area (Å²) in [6, 6.07) is 29.1. The minimum absolute atomic E-state index is 0.0885. The fraction of sp³-hybridized carbons (Fsp3) is 0.222. The zero-order valence-electron chi connectivity index (χ0n) is 17.6. The predicted molar refractivity (Wildman–Crippen MR) is 123 cm³/mol. The molecule has 0 aromatic heterocycles. The molecule has 2 nitrogen and oxygen atoms in total. The lowest BCUT2D eigenvalue weighted by Gasteiger charge is -2.19. The number of rotatable bonds is 7. The molecule has 0 bridgehead atoms. The number of hydrogen-bond donors (Lipinski definition) is 0. The second kappa shape index (κ2) is 9.88. The largest absolute Gasteiger partial charge is 0.339 e. The van der Waals surface area contributed by atoms with Gasteiger partial charge >= 0.3 is 0 Å². The third-order valence-corrected chi connectivity index (χ3v) is 5.31. The zero-order chi connectivity index (χ0) is 20.6. The molecule has 3 aromatic rings. The summed E-state index contributed by atoms with van der Waals surface area (Å²) in [6.07, 6.45) is 0.925. The first-order chi connectivity index (χ1) is 14.2. The van der Waals surface area contributed by atoms with Gasteiger partial charge in [-0.05, 0) is 60.2 Å². The molecule has 1 amide bonds. The summed E-state index contributed by atoms with van der Waals surface area (Å²) in [5.74, 6) is 0.0885. The van der Waals surface area contributed by atoms with Crippen LogP contribution in [0.25, 0.3) is 11.1 Å². The Bertz CT molecular complexity index is 952. The third kappa shape index (κ3) is 4.65. The molecular weight excluding hydrogens is 354 g/mol. The van der Waals surface area contributed by atoms with E-state index in [2.05, 4.69) is 67.6 Å². The number of amides is 1. The Kier molecular flexibility index (Phi) is 7.02. The number of benzene rings is 3. The number of nitrogens with zero attached hydrogens (tertiary/aromatic N) is 1. The highest BCUT2D eigenvalue weighted by Gasteiger charge is 2.15. The molecule has 0 saturated carbocycles. The summed E-state index contributed by atoms with van der Waals surface area (Å²) in [7, 11) is 0. The highest BCUT2D eigenvalue weighted by Crippen LogP contribution is 2.34. The Balaban J connectivity index is 2.11. The molecule has 0 saturated heterocycles. The smallest absolute Gasteiger partial charge is 0.253 e. The maximum Gasteiger partial charge on any atom is 0.253 e. The van der Waals surface area contributed by atoms with Gasteiger partial charge in [-0.2, -0.15) is 0 Å². The third-order valence-electron chi connectivity index (χ3n) is 5.31. The number of carbonyl (C=O) groups excluding carboxylic acids is 1. The lowest BCUT2D eigenvalue weighted by Crippen LogP contribution is -2.30. The van der Waals surface area contributed by atoms with E-state index in [1.165, 1.54) is 22.3 Å². The van der Waals surface area contributed by atoms with E-state index in [1.54, 1.807) is 0 Å². The van der Waals surface area contributed by atoms with Gasteiger partial charge in [0.05, 0.1) is 0 Å². The van der Waals surface area contributed by atoms with Crippen LogP contribution in [0.1, 0.15) is 54.2 Å². The standard InChI is InChI=1S/C27H29NO/c1-4-25(21-13-9-7-10-14-21)26(22-15-11-8-12-16-22)23-17-19-24(20-18-23)27(29)28(5-2)6-3/h7-20H,4-6H2,1-3H3/b26-25-. The van der Waals surface area contributed by atoms with Gasteiger partial charge < -0.3 is 4.90 Å². The zero-order valence-corrected chi connectivity index (χ0v) is 17.6. The normalized spacial score (nSPS) is 11.7. The van der Waals surface area contributed by atoms with Crippen molar-refractivity contribution in [2.24, 2.45) is 0 Å². The average molecular weight is 384 g/mol. The lowest BCUT2D eigenvalue weighted by molar-refractivity contribution is 0.0773. The van der Waals surface area contributed by atoms with Crippen LogP contribution in [0.4, 0.5) is 0 Å².